The number of anilines is 1. The van der Waals surface area contributed by atoms with E-state index >= 15 is 0 Å². The molecule has 150 valence electrons. The maximum absolute atomic E-state index is 12.7. The summed E-state index contributed by atoms with van der Waals surface area (Å²) < 4.78 is 10.2. The molecule has 0 saturated carbocycles. The SMILES string of the molecule is CCOC(=O)c1cnc2c(C(=O)OC)cccc2c1N(CC)Cc1ccccc1. The summed E-state index contributed by atoms with van der Waals surface area (Å²) >= 11 is 0. The van der Waals surface area contributed by atoms with Gasteiger partial charge in [0.25, 0.3) is 0 Å². The number of carbonyl (C=O) groups excluding carboxylic acids is 2. The minimum atomic E-state index is -0.468. The van der Waals surface area contributed by atoms with Crippen LogP contribution in [0.3, 0.4) is 0 Å². The van der Waals surface area contributed by atoms with Crippen LogP contribution in [0.25, 0.3) is 10.9 Å². The fraction of sp³-hybridized carbons (Fsp3) is 0.261. The lowest BCUT2D eigenvalue weighted by molar-refractivity contribution is 0.0526. The highest BCUT2D eigenvalue weighted by Gasteiger charge is 2.23. The van der Waals surface area contributed by atoms with Gasteiger partial charge in [-0.2, -0.15) is 0 Å². The third kappa shape index (κ3) is 4.21. The molecule has 0 unspecified atom stereocenters. The third-order valence-corrected chi connectivity index (χ3v) is 4.68. The van der Waals surface area contributed by atoms with E-state index < -0.39 is 11.9 Å². The van der Waals surface area contributed by atoms with Crippen LogP contribution in [0.1, 0.15) is 40.1 Å². The summed E-state index contributed by atoms with van der Waals surface area (Å²) in [4.78, 5) is 31.4. The first-order valence-corrected chi connectivity index (χ1v) is 9.56. The predicted octanol–water partition coefficient (Wildman–Crippen LogP) is 4.22. The first-order valence-electron chi connectivity index (χ1n) is 9.56. The fourth-order valence-corrected chi connectivity index (χ4v) is 3.34. The average Bonchev–Trinajstić information content (AvgIpc) is 2.76. The molecule has 0 atom stereocenters. The summed E-state index contributed by atoms with van der Waals surface area (Å²) in [5, 5.41) is 0.705. The topological polar surface area (TPSA) is 68.7 Å². The maximum Gasteiger partial charge on any atom is 0.341 e. The molecule has 0 aliphatic rings. The zero-order valence-electron chi connectivity index (χ0n) is 16.8. The zero-order chi connectivity index (χ0) is 20.8. The van der Waals surface area contributed by atoms with Crippen LogP contribution in [0, 0.1) is 0 Å². The molecule has 0 amide bonds. The van der Waals surface area contributed by atoms with Gasteiger partial charge in [0.1, 0.15) is 5.56 Å². The molecule has 6 heteroatoms. The van der Waals surface area contributed by atoms with E-state index in [9.17, 15) is 9.59 Å². The van der Waals surface area contributed by atoms with Crippen molar-refractivity contribution in [3.8, 4) is 0 Å². The van der Waals surface area contributed by atoms with Crippen molar-refractivity contribution in [2.24, 2.45) is 0 Å². The van der Waals surface area contributed by atoms with Crippen LogP contribution in [-0.2, 0) is 16.0 Å². The molecule has 0 aliphatic heterocycles. The number of methoxy groups -OCH3 is 1. The lowest BCUT2D eigenvalue weighted by Crippen LogP contribution is -2.25. The highest BCUT2D eigenvalue weighted by molar-refractivity contribution is 6.10. The zero-order valence-corrected chi connectivity index (χ0v) is 16.8. The van der Waals surface area contributed by atoms with Gasteiger partial charge < -0.3 is 14.4 Å². The lowest BCUT2D eigenvalue weighted by Gasteiger charge is -2.27. The first kappa shape index (κ1) is 20.3. The van der Waals surface area contributed by atoms with E-state index in [1.165, 1.54) is 13.3 Å². The summed E-state index contributed by atoms with van der Waals surface area (Å²) in [7, 11) is 1.34. The number of nitrogens with zero attached hydrogens (tertiary/aromatic N) is 2. The van der Waals surface area contributed by atoms with E-state index in [0.29, 0.717) is 40.8 Å². The Morgan fingerprint density at radius 3 is 2.38 bits per heavy atom. The van der Waals surface area contributed by atoms with E-state index in [1.54, 1.807) is 19.1 Å². The first-order chi connectivity index (χ1) is 14.1. The monoisotopic (exact) mass is 392 g/mol. The summed E-state index contributed by atoms with van der Waals surface area (Å²) in [6.45, 7) is 5.31. The van der Waals surface area contributed by atoms with Crippen molar-refractivity contribution in [2.45, 2.75) is 20.4 Å². The Morgan fingerprint density at radius 1 is 0.966 bits per heavy atom. The van der Waals surface area contributed by atoms with Crippen molar-refractivity contribution in [2.75, 3.05) is 25.2 Å². The predicted molar refractivity (Wildman–Crippen MR) is 112 cm³/mol. The summed E-state index contributed by atoms with van der Waals surface area (Å²) in [5.74, 6) is -0.907. The van der Waals surface area contributed by atoms with Crippen LogP contribution in [0.15, 0.2) is 54.7 Å². The molecule has 0 fully saturated rings. The molecule has 1 aromatic heterocycles. The van der Waals surface area contributed by atoms with E-state index in [1.807, 2.05) is 43.3 Å². The van der Waals surface area contributed by atoms with Crippen molar-refractivity contribution in [1.82, 2.24) is 4.98 Å². The van der Waals surface area contributed by atoms with E-state index in [4.69, 9.17) is 9.47 Å². The van der Waals surface area contributed by atoms with Gasteiger partial charge in [0.05, 0.1) is 30.5 Å². The molecule has 0 N–H and O–H groups in total. The molecule has 0 spiro atoms. The number of para-hydroxylation sites is 1. The number of esters is 2. The number of ether oxygens (including phenoxy) is 2. The molecule has 0 saturated heterocycles. The van der Waals surface area contributed by atoms with E-state index in [-0.39, 0.29) is 6.61 Å². The normalized spacial score (nSPS) is 10.6. The van der Waals surface area contributed by atoms with Crippen LogP contribution in [0.5, 0.6) is 0 Å². The smallest absolute Gasteiger partial charge is 0.341 e. The van der Waals surface area contributed by atoms with E-state index in [2.05, 4.69) is 9.88 Å². The Labute approximate surface area is 170 Å². The van der Waals surface area contributed by atoms with Crippen LogP contribution >= 0.6 is 0 Å². The number of hydrogen-bond donors (Lipinski definition) is 0. The van der Waals surface area contributed by atoms with E-state index in [0.717, 1.165) is 5.56 Å². The number of fused-ring (bicyclic) bond motifs is 1. The molecule has 6 nitrogen and oxygen atoms in total. The van der Waals surface area contributed by atoms with Crippen molar-refractivity contribution in [3.63, 3.8) is 0 Å². The average molecular weight is 392 g/mol. The Hall–Kier alpha value is -3.41. The Morgan fingerprint density at radius 2 is 1.72 bits per heavy atom. The molecule has 29 heavy (non-hydrogen) atoms. The fourth-order valence-electron chi connectivity index (χ4n) is 3.34. The second kappa shape index (κ2) is 9.19. The molecule has 2 aromatic carbocycles. The largest absolute Gasteiger partial charge is 0.465 e. The van der Waals surface area contributed by atoms with Gasteiger partial charge in [-0.25, -0.2) is 9.59 Å². The standard InChI is InChI=1S/C23H24N2O4/c1-4-25(15-16-10-7-6-8-11-16)21-17-12-9-13-18(22(26)28-3)20(17)24-14-19(21)23(27)29-5-2/h6-14H,4-5,15H2,1-3H3. The molecular weight excluding hydrogens is 368 g/mol. The number of rotatable bonds is 7. The second-order valence-electron chi connectivity index (χ2n) is 6.43. The lowest BCUT2D eigenvalue weighted by atomic mass is 10.0. The number of carbonyl (C=O) groups is 2. The number of pyridine rings is 1. The van der Waals surface area contributed by atoms with Gasteiger partial charge in [-0.1, -0.05) is 42.5 Å². The van der Waals surface area contributed by atoms with Gasteiger partial charge in [-0.15, -0.1) is 0 Å². The summed E-state index contributed by atoms with van der Waals surface area (Å²) in [6, 6.07) is 15.3. The quantitative estimate of drug-likeness (QED) is 0.561. The van der Waals surface area contributed by atoms with Crippen LogP contribution in [0.4, 0.5) is 5.69 Å². The third-order valence-electron chi connectivity index (χ3n) is 4.68. The van der Waals surface area contributed by atoms with Crippen LogP contribution in [-0.4, -0.2) is 37.2 Å². The number of benzene rings is 2. The molecule has 3 rings (SSSR count). The van der Waals surface area contributed by atoms with Crippen molar-refractivity contribution in [1.29, 1.82) is 0 Å². The second-order valence-corrected chi connectivity index (χ2v) is 6.43. The van der Waals surface area contributed by atoms with Crippen molar-refractivity contribution < 1.29 is 19.1 Å². The number of aromatic nitrogens is 1. The number of hydrogen-bond acceptors (Lipinski definition) is 6. The molecule has 3 aromatic rings. The maximum atomic E-state index is 12.7. The van der Waals surface area contributed by atoms with Crippen molar-refractivity contribution >= 4 is 28.5 Å². The molecule has 0 aliphatic carbocycles. The van der Waals surface area contributed by atoms with Crippen molar-refractivity contribution in [3.05, 3.63) is 71.4 Å². The molecule has 1 heterocycles. The van der Waals surface area contributed by atoms with Gasteiger partial charge in [0.15, 0.2) is 0 Å². The molecular formula is C23H24N2O4. The minimum Gasteiger partial charge on any atom is -0.465 e. The van der Waals surface area contributed by atoms with Gasteiger partial charge >= 0.3 is 11.9 Å². The van der Waals surface area contributed by atoms with Crippen LogP contribution < -0.4 is 4.90 Å². The minimum absolute atomic E-state index is 0.267. The van der Waals surface area contributed by atoms with Crippen LogP contribution in [0.2, 0.25) is 0 Å². The summed E-state index contributed by atoms with van der Waals surface area (Å²) in [5.41, 5.74) is 3.04. The summed E-state index contributed by atoms with van der Waals surface area (Å²) in [6.07, 6.45) is 1.48. The van der Waals surface area contributed by atoms with Gasteiger partial charge in [-0.05, 0) is 25.5 Å². The van der Waals surface area contributed by atoms with Gasteiger partial charge in [0, 0.05) is 24.7 Å². The molecule has 0 radical (unpaired) electrons. The van der Waals surface area contributed by atoms with Gasteiger partial charge in [-0.3, -0.25) is 4.98 Å². The Bertz CT molecular complexity index is 1020. The Kier molecular flexibility index (Phi) is 6.44. The Balaban J connectivity index is 2.22. The molecule has 0 bridgehead atoms. The highest BCUT2D eigenvalue weighted by Crippen LogP contribution is 2.33. The van der Waals surface area contributed by atoms with Gasteiger partial charge in [0.2, 0.25) is 0 Å². The highest BCUT2D eigenvalue weighted by atomic mass is 16.5.